The maximum atomic E-state index is 10.4. The minimum atomic E-state index is -0.692. The lowest BCUT2D eigenvalue weighted by Crippen LogP contribution is -2.42. The number of hydrogen-bond donors (Lipinski definition) is 1. The van der Waals surface area contributed by atoms with Gasteiger partial charge in [-0.05, 0) is 50.9 Å². The first-order chi connectivity index (χ1) is 7.10. The highest BCUT2D eigenvalue weighted by atomic mass is 16.3. The lowest BCUT2D eigenvalue weighted by molar-refractivity contribution is -0.0564. The lowest BCUT2D eigenvalue weighted by atomic mass is 9.65. The zero-order valence-corrected chi connectivity index (χ0v) is 9.63. The Labute approximate surface area is 92.3 Å². The van der Waals surface area contributed by atoms with Gasteiger partial charge in [0, 0.05) is 0 Å². The molecule has 2 aliphatic carbocycles. The molecular weight excluding hydrogens is 186 g/mol. The summed E-state index contributed by atoms with van der Waals surface area (Å²) in [6.07, 6.45) is 9.38. The number of nitrogens with zero attached hydrogens (tertiary/aromatic N) is 1. The average Bonchev–Trinajstić information content (AvgIpc) is 2.71. The zero-order chi connectivity index (χ0) is 10.9. The van der Waals surface area contributed by atoms with Crippen LogP contribution in [0, 0.1) is 22.7 Å². The molecule has 0 aromatic carbocycles. The fourth-order valence-electron chi connectivity index (χ4n) is 3.39. The normalized spacial score (nSPS) is 29.9. The average molecular weight is 207 g/mol. The summed E-state index contributed by atoms with van der Waals surface area (Å²) >= 11 is 0. The third-order valence-electron chi connectivity index (χ3n) is 4.84. The van der Waals surface area contributed by atoms with E-state index in [9.17, 15) is 5.11 Å². The first-order valence-electron chi connectivity index (χ1n) is 6.22. The van der Waals surface area contributed by atoms with Gasteiger partial charge in [0.1, 0.15) is 0 Å². The molecule has 84 valence electrons. The molecular formula is C13H21NO. The third-order valence-corrected chi connectivity index (χ3v) is 4.84. The van der Waals surface area contributed by atoms with Crippen molar-refractivity contribution in [2.75, 3.05) is 0 Å². The molecule has 1 N–H and O–H groups in total. The number of rotatable bonds is 1. The standard InChI is InChI=1S/C13H21NO/c1-11(10-14)13(15)8-6-12(7-9-13)4-2-3-5-12/h11,15H,2-9H2,1H3. The van der Waals surface area contributed by atoms with Crippen molar-refractivity contribution in [3.63, 3.8) is 0 Å². The Balaban J connectivity index is 1.99. The maximum Gasteiger partial charge on any atom is 0.0803 e. The molecule has 2 fully saturated rings. The molecule has 0 aromatic heterocycles. The van der Waals surface area contributed by atoms with Gasteiger partial charge in [-0.3, -0.25) is 0 Å². The maximum absolute atomic E-state index is 10.4. The van der Waals surface area contributed by atoms with Crippen molar-refractivity contribution >= 4 is 0 Å². The van der Waals surface area contributed by atoms with Crippen LogP contribution in [0.4, 0.5) is 0 Å². The summed E-state index contributed by atoms with van der Waals surface area (Å²) in [7, 11) is 0. The third kappa shape index (κ3) is 1.90. The summed E-state index contributed by atoms with van der Waals surface area (Å²) in [5, 5.41) is 19.3. The molecule has 0 heterocycles. The molecule has 0 saturated heterocycles. The second-order valence-corrected chi connectivity index (χ2v) is 5.66. The summed E-state index contributed by atoms with van der Waals surface area (Å²) in [6.45, 7) is 1.85. The zero-order valence-electron chi connectivity index (χ0n) is 9.63. The first kappa shape index (κ1) is 11.0. The van der Waals surface area contributed by atoms with Gasteiger partial charge in [-0.2, -0.15) is 5.26 Å². The molecule has 0 aromatic rings. The van der Waals surface area contributed by atoms with E-state index in [1.54, 1.807) is 0 Å². The van der Waals surface area contributed by atoms with E-state index >= 15 is 0 Å². The Kier molecular flexibility index (Phi) is 2.77. The van der Waals surface area contributed by atoms with Gasteiger partial charge < -0.3 is 5.11 Å². The molecule has 1 spiro atoms. The van der Waals surface area contributed by atoms with Crippen LogP contribution in [0.5, 0.6) is 0 Å². The molecule has 0 aliphatic heterocycles. The van der Waals surface area contributed by atoms with E-state index in [1.165, 1.54) is 25.7 Å². The first-order valence-corrected chi connectivity index (χ1v) is 6.22. The van der Waals surface area contributed by atoms with Gasteiger partial charge in [-0.15, -0.1) is 0 Å². The highest BCUT2D eigenvalue weighted by Gasteiger charge is 2.45. The highest BCUT2D eigenvalue weighted by molar-refractivity contribution is 5.02. The van der Waals surface area contributed by atoms with Crippen LogP contribution in [0.15, 0.2) is 0 Å². The van der Waals surface area contributed by atoms with Gasteiger partial charge in [-0.1, -0.05) is 12.8 Å². The van der Waals surface area contributed by atoms with E-state index in [0.29, 0.717) is 5.41 Å². The van der Waals surface area contributed by atoms with E-state index < -0.39 is 5.60 Å². The van der Waals surface area contributed by atoms with Gasteiger partial charge in [0.05, 0.1) is 17.6 Å². The summed E-state index contributed by atoms with van der Waals surface area (Å²) in [5.41, 5.74) is -0.149. The predicted molar refractivity (Wildman–Crippen MR) is 59.1 cm³/mol. The van der Waals surface area contributed by atoms with Crippen molar-refractivity contribution in [3.8, 4) is 6.07 Å². The molecule has 1 atom stereocenters. The summed E-state index contributed by atoms with van der Waals surface area (Å²) in [6, 6.07) is 2.20. The minimum Gasteiger partial charge on any atom is -0.389 e. The molecule has 0 amide bonds. The van der Waals surface area contributed by atoms with E-state index in [1.807, 2.05) is 6.92 Å². The Morgan fingerprint density at radius 2 is 1.60 bits per heavy atom. The largest absolute Gasteiger partial charge is 0.389 e. The molecule has 2 nitrogen and oxygen atoms in total. The molecule has 1 unspecified atom stereocenters. The molecule has 0 radical (unpaired) electrons. The fraction of sp³-hybridized carbons (Fsp3) is 0.923. The Morgan fingerprint density at radius 3 is 2.07 bits per heavy atom. The van der Waals surface area contributed by atoms with Crippen molar-refractivity contribution in [1.82, 2.24) is 0 Å². The second kappa shape index (κ2) is 3.79. The second-order valence-electron chi connectivity index (χ2n) is 5.66. The number of nitriles is 1. The topological polar surface area (TPSA) is 44.0 Å². The van der Waals surface area contributed by atoms with Gasteiger partial charge in [0.15, 0.2) is 0 Å². The highest BCUT2D eigenvalue weighted by Crippen LogP contribution is 2.52. The Hall–Kier alpha value is -0.550. The molecule has 2 aliphatic rings. The van der Waals surface area contributed by atoms with Crippen LogP contribution >= 0.6 is 0 Å². The number of aliphatic hydroxyl groups is 1. The van der Waals surface area contributed by atoms with Crippen LogP contribution in [-0.4, -0.2) is 10.7 Å². The van der Waals surface area contributed by atoms with E-state index in [4.69, 9.17) is 5.26 Å². The molecule has 15 heavy (non-hydrogen) atoms. The van der Waals surface area contributed by atoms with Gasteiger partial charge >= 0.3 is 0 Å². The quantitative estimate of drug-likeness (QED) is 0.718. The molecule has 2 saturated carbocycles. The molecule has 0 bridgehead atoms. The van der Waals surface area contributed by atoms with E-state index in [-0.39, 0.29) is 5.92 Å². The summed E-state index contributed by atoms with van der Waals surface area (Å²) in [4.78, 5) is 0. The monoisotopic (exact) mass is 207 g/mol. The molecule has 2 heteroatoms. The number of hydrogen-bond acceptors (Lipinski definition) is 2. The van der Waals surface area contributed by atoms with Gasteiger partial charge in [-0.25, -0.2) is 0 Å². The lowest BCUT2D eigenvalue weighted by Gasteiger charge is -2.43. The van der Waals surface area contributed by atoms with Crippen molar-refractivity contribution in [2.45, 2.75) is 63.9 Å². The predicted octanol–water partition coefficient (Wildman–Crippen LogP) is 3.01. The fourth-order valence-corrected chi connectivity index (χ4v) is 3.39. The van der Waals surface area contributed by atoms with Crippen molar-refractivity contribution in [3.05, 3.63) is 0 Å². The van der Waals surface area contributed by atoms with Crippen LogP contribution in [0.2, 0.25) is 0 Å². The Morgan fingerprint density at radius 1 is 1.07 bits per heavy atom. The summed E-state index contributed by atoms with van der Waals surface area (Å²) in [5.74, 6) is -0.212. The van der Waals surface area contributed by atoms with Crippen molar-refractivity contribution < 1.29 is 5.11 Å². The minimum absolute atomic E-state index is 0.212. The van der Waals surface area contributed by atoms with E-state index in [2.05, 4.69) is 6.07 Å². The Bertz CT molecular complexity index is 263. The smallest absolute Gasteiger partial charge is 0.0803 e. The van der Waals surface area contributed by atoms with Crippen LogP contribution in [-0.2, 0) is 0 Å². The van der Waals surface area contributed by atoms with Crippen LogP contribution in [0.3, 0.4) is 0 Å². The summed E-state index contributed by atoms with van der Waals surface area (Å²) < 4.78 is 0. The molecule has 2 rings (SSSR count). The van der Waals surface area contributed by atoms with Gasteiger partial charge in [0.2, 0.25) is 0 Å². The van der Waals surface area contributed by atoms with Crippen LogP contribution < -0.4 is 0 Å². The van der Waals surface area contributed by atoms with Gasteiger partial charge in [0.25, 0.3) is 0 Å². The van der Waals surface area contributed by atoms with Crippen LogP contribution in [0.25, 0.3) is 0 Å². The van der Waals surface area contributed by atoms with Crippen molar-refractivity contribution in [2.24, 2.45) is 11.3 Å². The SMILES string of the molecule is CC(C#N)C1(O)CCC2(CCCC2)CC1. The van der Waals surface area contributed by atoms with E-state index in [0.717, 1.165) is 25.7 Å². The van der Waals surface area contributed by atoms with Crippen LogP contribution in [0.1, 0.15) is 58.3 Å². The van der Waals surface area contributed by atoms with Crippen molar-refractivity contribution in [1.29, 1.82) is 5.26 Å².